The summed E-state index contributed by atoms with van der Waals surface area (Å²) in [6.07, 6.45) is 0. The molecule has 2 nitrogen and oxygen atoms in total. The van der Waals surface area contributed by atoms with Gasteiger partial charge in [-0.05, 0) is 238 Å². The Balaban J connectivity index is 0.999. The highest BCUT2D eigenvalue weighted by Crippen LogP contribution is 2.42. The van der Waals surface area contributed by atoms with E-state index in [9.17, 15) is 0 Å². The summed E-state index contributed by atoms with van der Waals surface area (Å²) in [6, 6.07) is 80.2. The van der Waals surface area contributed by atoms with Crippen LogP contribution in [0.2, 0.25) is 0 Å². The molecule has 2 N–H and O–H groups in total. The van der Waals surface area contributed by atoms with Crippen LogP contribution < -0.4 is 10.6 Å². The van der Waals surface area contributed by atoms with Gasteiger partial charge in [0.25, 0.3) is 0 Å². The Bertz CT molecular complexity index is 3070. The minimum Gasteiger partial charge on any atom is -0.376 e. The number of nitrogens with one attached hydrogen (secondary N) is 2. The van der Waals surface area contributed by atoms with Crippen LogP contribution >= 0.6 is 0 Å². The Morgan fingerprint density at radius 2 is 0.458 bits per heavy atom. The zero-order valence-electron chi connectivity index (χ0n) is 42.9. The van der Waals surface area contributed by atoms with E-state index in [4.69, 9.17) is 0 Å². The van der Waals surface area contributed by atoms with Crippen molar-refractivity contribution in [1.82, 2.24) is 0 Å². The molecular weight excluding hydrogens is 869 g/mol. The topological polar surface area (TPSA) is 24.1 Å². The Morgan fingerprint density at radius 3 is 0.708 bits per heavy atom. The second kappa shape index (κ2) is 20.6. The van der Waals surface area contributed by atoms with E-state index >= 15 is 0 Å². The summed E-state index contributed by atoms with van der Waals surface area (Å²) in [5.41, 5.74) is 29.7. The van der Waals surface area contributed by atoms with Crippen LogP contribution in [0, 0.1) is 55.4 Å². The van der Waals surface area contributed by atoms with Crippen molar-refractivity contribution < 1.29 is 0 Å². The molecule has 0 aliphatic heterocycles. The number of anilines is 2. The lowest BCUT2D eigenvalue weighted by atomic mass is 9.87. The van der Waals surface area contributed by atoms with Crippen molar-refractivity contribution in [2.75, 3.05) is 10.6 Å². The quantitative estimate of drug-likeness (QED) is 0.120. The van der Waals surface area contributed by atoms with Crippen LogP contribution in [0.1, 0.15) is 67.7 Å². The molecule has 72 heavy (non-hydrogen) atoms. The monoisotopic (exact) mass is 933 g/mol. The molecule has 0 fully saturated rings. The first-order chi connectivity index (χ1) is 35.0. The lowest BCUT2D eigenvalue weighted by Gasteiger charge is -2.31. The highest BCUT2D eigenvalue weighted by molar-refractivity contribution is 5.87. The number of benzene rings is 10. The van der Waals surface area contributed by atoms with Crippen LogP contribution in [-0.2, 0) is 0 Å². The third kappa shape index (κ3) is 9.91. The first-order valence-corrected chi connectivity index (χ1v) is 25.4. The summed E-state index contributed by atoms with van der Waals surface area (Å²) in [6.45, 7) is 17.8. The molecule has 0 aromatic heterocycles. The van der Waals surface area contributed by atoms with Crippen LogP contribution in [-0.4, -0.2) is 0 Å². The molecular formula is C70H64N2. The number of hydrogen-bond donors (Lipinski definition) is 2. The van der Waals surface area contributed by atoms with Gasteiger partial charge in [-0.15, -0.1) is 0 Å². The van der Waals surface area contributed by atoms with E-state index in [0.717, 1.165) is 11.4 Å². The highest BCUT2D eigenvalue weighted by atomic mass is 15.0. The molecule has 0 radical (unpaired) electrons. The smallest absolute Gasteiger partial charge is 0.0757 e. The third-order valence-electron chi connectivity index (χ3n) is 14.7. The van der Waals surface area contributed by atoms with Crippen LogP contribution in [0.25, 0.3) is 66.8 Å². The van der Waals surface area contributed by atoms with Gasteiger partial charge in [-0.1, -0.05) is 158 Å². The van der Waals surface area contributed by atoms with E-state index in [1.165, 1.54) is 122 Å². The zero-order valence-corrected chi connectivity index (χ0v) is 42.9. The van der Waals surface area contributed by atoms with Gasteiger partial charge in [0.15, 0.2) is 0 Å². The molecule has 0 amide bonds. The zero-order chi connectivity index (χ0) is 49.9. The molecule has 10 rings (SSSR count). The van der Waals surface area contributed by atoms with E-state index < -0.39 is 0 Å². The fraction of sp³-hybridized carbons (Fsp3) is 0.143. The number of hydrogen-bond acceptors (Lipinski definition) is 2. The average Bonchev–Trinajstić information content (AvgIpc) is 3.38. The summed E-state index contributed by atoms with van der Waals surface area (Å²) >= 11 is 0. The van der Waals surface area contributed by atoms with Crippen molar-refractivity contribution in [3.05, 3.63) is 274 Å². The summed E-state index contributed by atoms with van der Waals surface area (Å²) in [5, 5.41) is 8.07. The SMILES string of the molecule is Cc1cccc(C)c1-c1cc(-c2ccc(N[C@H](c3ccccc3)[C@H](Nc3ccc(-c4cc(-c5c(C)cccc5C)cc(-c5c(C)cccc5C)c4)cc3)c3ccccc3)cc2)cc(-c2c(C)cccc2C)c1. The van der Waals surface area contributed by atoms with Gasteiger partial charge in [0.05, 0.1) is 12.1 Å². The fourth-order valence-electron chi connectivity index (χ4n) is 11.2. The van der Waals surface area contributed by atoms with E-state index in [1.54, 1.807) is 0 Å². The minimum absolute atomic E-state index is 0.115. The predicted molar refractivity (Wildman–Crippen MR) is 309 cm³/mol. The van der Waals surface area contributed by atoms with Gasteiger partial charge < -0.3 is 10.6 Å². The molecule has 10 aromatic carbocycles. The molecule has 0 aliphatic rings. The summed E-state index contributed by atoms with van der Waals surface area (Å²) in [4.78, 5) is 0. The molecule has 0 saturated heterocycles. The Labute approximate surface area is 428 Å². The third-order valence-corrected chi connectivity index (χ3v) is 14.7. The molecule has 0 saturated carbocycles. The molecule has 0 heterocycles. The first-order valence-electron chi connectivity index (χ1n) is 25.4. The number of rotatable bonds is 13. The van der Waals surface area contributed by atoms with Crippen LogP contribution in [0.4, 0.5) is 11.4 Å². The van der Waals surface area contributed by atoms with Crippen LogP contribution in [0.5, 0.6) is 0 Å². The average molecular weight is 933 g/mol. The first kappa shape index (κ1) is 47.5. The molecule has 2 heteroatoms. The molecule has 10 aromatic rings. The van der Waals surface area contributed by atoms with Crippen molar-refractivity contribution >= 4 is 11.4 Å². The van der Waals surface area contributed by atoms with Gasteiger partial charge in [0, 0.05) is 11.4 Å². The van der Waals surface area contributed by atoms with Crippen LogP contribution in [0.15, 0.2) is 218 Å². The van der Waals surface area contributed by atoms with Crippen LogP contribution in [0.3, 0.4) is 0 Å². The summed E-state index contributed by atoms with van der Waals surface area (Å²) in [5.74, 6) is 0. The predicted octanol–water partition coefficient (Wildman–Crippen LogP) is 19.2. The maximum atomic E-state index is 4.03. The molecule has 0 bridgehead atoms. The second-order valence-corrected chi connectivity index (χ2v) is 19.9. The highest BCUT2D eigenvalue weighted by Gasteiger charge is 2.26. The fourth-order valence-corrected chi connectivity index (χ4v) is 11.2. The second-order valence-electron chi connectivity index (χ2n) is 19.9. The lowest BCUT2D eigenvalue weighted by molar-refractivity contribution is 0.650. The van der Waals surface area contributed by atoms with Crippen molar-refractivity contribution in [1.29, 1.82) is 0 Å². The van der Waals surface area contributed by atoms with E-state index in [2.05, 4.69) is 284 Å². The largest absolute Gasteiger partial charge is 0.376 e. The van der Waals surface area contributed by atoms with Crippen molar-refractivity contribution in [2.45, 2.75) is 67.5 Å². The lowest BCUT2D eigenvalue weighted by Crippen LogP contribution is -2.25. The van der Waals surface area contributed by atoms with Gasteiger partial charge in [-0.2, -0.15) is 0 Å². The van der Waals surface area contributed by atoms with Crippen molar-refractivity contribution in [2.24, 2.45) is 0 Å². The molecule has 0 spiro atoms. The molecule has 2 atom stereocenters. The van der Waals surface area contributed by atoms with Gasteiger partial charge in [0.2, 0.25) is 0 Å². The van der Waals surface area contributed by atoms with Gasteiger partial charge in [-0.3, -0.25) is 0 Å². The maximum Gasteiger partial charge on any atom is 0.0757 e. The van der Waals surface area contributed by atoms with E-state index in [1.807, 2.05) is 0 Å². The Hall–Kier alpha value is -8.20. The summed E-state index contributed by atoms with van der Waals surface area (Å²) in [7, 11) is 0. The Kier molecular flexibility index (Phi) is 13.6. The van der Waals surface area contributed by atoms with Gasteiger partial charge in [-0.25, -0.2) is 0 Å². The van der Waals surface area contributed by atoms with E-state index in [-0.39, 0.29) is 12.1 Å². The molecule has 0 unspecified atom stereocenters. The molecule has 354 valence electrons. The Morgan fingerprint density at radius 1 is 0.222 bits per heavy atom. The number of aryl methyl sites for hydroxylation is 8. The molecule has 0 aliphatic carbocycles. The van der Waals surface area contributed by atoms with Gasteiger partial charge in [0.1, 0.15) is 0 Å². The summed E-state index contributed by atoms with van der Waals surface area (Å²) < 4.78 is 0. The van der Waals surface area contributed by atoms with Gasteiger partial charge >= 0.3 is 0 Å². The minimum atomic E-state index is -0.115. The van der Waals surface area contributed by atoms with Crippen molar-refractivity contribution in [3.8, 4) is 66.8 Å². The maximum absolute atomic E-state index is 4.03. The standard InChI is InChI=1S/C70H64N2/c1-45-19-15-20-46(2)65(45)59-39-57(40-60(43-59)66-47(3)21-16-22-48(66)4)53-31-35-63(36-32-53)71-69(55-27-11-9-12-28-55)70(56-29-13-10-14-30-56)72-64-37-33-54(34-38-64)58-41-61(67-49(5)23-17-24-50(67)6)44-62(42-58)68-51(7)25-18-26-52(68)8/h9-44,69-72H,1-8H3/t69-,70-/m1/s1. The van der Waals surface area contributed by atoms with Crippen molar-refractivity contribution in [3.63, 3.8) is 0 Å². The normalized spacial score (nSPS) is 12.1. The van der Waals surface area contributed by atoms with E-state index in [0.29, 0.717) is 0 Å².